The molecular formula is C23H26F4N4O3. The predicted molar refractivity (Wildman–Crippen MR) is 114 cm³/mol. The van der Waals surface area contributed by atoms with Gasteiger partial charge in [-0.05, 0) is 19.8 Å². The maximum atomic E-state index is 14.9. The van der Waals surface area contributed by atoms with Gasteiger partial charge in [0.1, 0.15) is 24.6 Å². The second kappa shape index (κ2) is 9.46. The third-order valence-electron chi connectivity index (χ3n) is 5.99. The van der Waals surface area contributed by atoms with Gasteiger partial charge < -0.3 is 20.1 Å². The lowest BCUT2D eigenvalue weighted by atomic mass is 10.0. The zero-order valence-corrected chi connectivity index (χ0v) is 18.8. The SMILES string of the molecule is CC(Nc1ncnc(CC(=O)NC2(CF)CC2)c1C1OCCO1)c1cccc(C(C)(F)F)c1F. The number of ether oxygens (including phenoxy) is 2. The first-order valence-electron chi connectivity index (χ1n) is 11.0. The van der Waals surface area contributed by atoms with Crippen molar-refractivity contribution < 1.29 is 31.8 Å². The highest BCUT2D eigenvalue weighted by molar-refractivity contribution is 5.80. The fourth-order valence-electron chi connectivity index (χ4n) is 3.90. The van der Waals surface area contributed by atoms with Gasteiger partial charge in [0.25, 0.3) is 5.92 Å². The van der Waals surface area contributed by atoms with Gasteiger partial charge in [-0.25, -0.2) is 27.5 Å². The van der Waals surface area contributed by atoms with Gasteiger partial charge in [-0.15, -0.1) is 0 Å². The van der Waals surface area contributed by atoms with Crippen LogP contribution in [0.1, 0.15) is 61.4 Å². The maximum Gasteiger partial charge on any atom is 0.273 e. The molecule has 0 spiro atoms. The van der Waals surface area contributed by atoms with Crippen molar-refractivity contribution in [3.05, 3.63) is 52.7 Å². The summed E-state index contributed by atoms with van der Waals surface area (Å²) in [7, 11) is 0. The number of anilines is 1. The van der Waals surface area contributed by atoms with Crippen molar-refractivity contribution in [1.82, 2.24) is 15.3 Å². The number of nitrogens with zero attached hydrogens (tertiary/aromatic N) is 2. The summed E-state index contributed by atoms with van der Waals surface area (Å²) in [6, 6.07) is 3.05. The number of hydrogen-bond donors (Lipinski definition) is 2. The molecule has 1 aliphatic carbocycles. The summed E-state index contributed by atoms with van der Waals surface area (Å²) >= 11 is 0. The molecule has 0 bridgehead atoms. The quantitative estimate of drug-likeness (QED) is 0.524. The summed E-state index contributed by atoms with van der Waals surface area (Å²) in [5.74, 6) is -4.54. The van der Waals surface area contributed by atoms with E-state index in [2.05, 4.69) is 20.6 Å². The van der Waals surface area contributed by atoms with Gasteiger partial charge in [0.2, 0.25) is 5.91 Å². The summed E-state index contributed by atoms with van der Waals surface area (Å²) in [5, 5.41) is 5.72. The molecule has 1 saturated carbocycles. The molecule has 4 rings (SSSR count). The van der Waals surface area contributed by atoms with Crippen LogP contribution in [0.25, 0.3) is 0 Å². The standard InChI is InChI=1S/C23H26F4N4O3/c1-13(14-4-3-5-15(19(14)25)22(2,26)27)30-20-18(21-33-8-9-34-21)16(28-12-29-20)10-17(32)31-23(11-24)6-7-23/h3-5,12-13,21H,6-11H2,1-2H3,(H,31,32)(H,28,29,30). The van der Waals surface area contributed by atoms with Crippen LogP contribution in [0.4, 0.5) is 23.4 Å². The predicted octanol–water partition coefficient (Wildman–Crippen LogP) is 4.11. The van der Waals surface area contributed by atoms with Crippen LogP contribution in [0.2, 0.25) is 0 Å². The Morgan fingerprint density at radius 3 is 2.59 bits per heavy atom. The average molecular weight is 482 g/mol. The van der Waals surface area contributed by atoms with E-state index in [-0.39, 0.29) is 17.8 Å². The van der Waals surface area contributed by atoms with Gasteiger partial charge >= 0.3 is 0 Å². The molecule has 1 aliphatic heterocycles. The Hall–Kier alpha value is -2.79. The van der Waals surface area contributed by atoms with Crippen LogP contribution in [-0.4, -0.2) is 41.3 Å². The van der Waals surface area contributed by atoms with E-state index in [1.54, 1.807) is 6.92 Å². The highest BCUT2D eigenvalue weighted by Gasteiger charge is 2.44. The van der Waals surface area contributed by atoms with E-state index in [0.29, 0.717) is 44.2 Å². The molecule has 2 heterocycles. The molecule has 1 unspecified atom stereocenters. The number of benzene rings is 1. The molecule has 2 fully saturated rings. The topological polar surface area (TPSA) is 85.4 Å². The van der Waals surface area contributed by atoms with Crippen molar-refractivity contribution in [1.29, 1.82) is 0 Å². The minimum Gasteiger partial charge on any atom is -0.363 e. The van der Waals surface area contributed by atoms with Crippen LogP contribution in [0.15, 0.2) is 24.5 Å². The van der Waals surface area contributed by atoms with Gasteiger partial charge in [-0.3, -0.25) is 4.79 Å². The fraction of sp³-hybridized carbons (Fsp3) is 0.522. The van der Waals surface area contributed by atoms with Crippen molar-refractivity contribution in [2.24, 2.45) is 0 Å². The molecular weight excluding hydrogens is 456 g/mol. The van der Waals surface area contributed by atoms with Gasteiger partial charge in [0.15, 0.2) is 6.29 Å². The summed E-state index contributed by atoms with van der Waals surface area (Å²) in [6.07, 6.45) is 1.34. The molecule has 1 aromatic heterocycles. The molecule has 184 valence electrons. The second-order valence-electron chi connectivity index (χ2n) is 8.76. The number of amides is 1. The number of hydrogen-bond acceptors (Lipinski definition) is 6. The fourth-order valence-corrected chi connectivity index (χ4v) is 3.90. The van der Waals surface area contributed by atoms with E-state index < -0.39 is 47.8 Å². The van der Waals surface area contributed by atoms with Crippen molar-refractivity contribution in [2.75, 3.05) is 25.2 Å². The number of rotatable bonds is 9. The number of halogens is 4. The Bertz CT molecular complexity index is 1050. The molecule has 1 atom stereocenters. The van der Waals surface area contributed by atoms with Crippen LogP contribution >= 0.6 is 0 Å². The van der Waals surface area contributed by atoms with Crippen molar-refractivity contribution in [3.63, 3.8) is 0 Å². The minimum atomic E-state index is -3.34. The molecule has 11 heteroatoms. The first-order valence-corrected chi connectivity index (χ1v) is 11.0. The lowest BCUT2D eigenvalue weighted by Gasteiger charge is -2.23. The molecule has 2 N–H and O–H groups in total. The molecule has 34 heavy (non-hydrogen) atoms. The van der Waals surface area contributed by atoms with Gasteiger partial charge in [0, 0.05) is 12.5 Å². The van der Waals surface area contributed by atoms with Gasteiger partial charge in [-0.1, -0.05) is 18.2 Å². The lowest BCUT2D eigenvalue weighted by molar-refractivity contribution is -0.121. The van der Waals surface area contributed by atoms with Crippen LogP contribution in [0.3, 0.4) is 0 Å². The third kappa shape index (κ3) is 5.15. The van der Waals surface area contributed by atoms with Crippen LogP contribution in [-0.2, 0) is 26.6 Å². The van der Waals surface area contributed by atoms with Crippen LogP contribution < -0.4 is 10.6 Å². The smallest absolute Gasteiger partial charge is 0.273 e. The zero-order chi connectivity index (χ0) is 24.5. The number of carbonyl (C=O) groups excluding carboxylic acids is 1. The maximum absolute atomic E-state index is 14.9. The second-order valence-corrected chi connectivity index (χ2v) is 8.76. The average Bonchev–Trinajstić information content (AvgIpc) is 3.33. The monoisotopic (exact) mass is 482 g/mol. The Balaban J connectivity index is 1.62. The highest BCUT2D eigenvalue weighted by atomic mass is 19.3. The molecule has 1 aromatic carbocycles. The normalized spacial score (nSPS) is 18.5. The highest BCUT2D eigenvalue weighted by Crippen LogP contribution is 2.37. The number of carbonyl (C=O) groups is 1. The van der Waals surface area contributed by atoms with Crippen molar-refractivity contribution >= 4 is 11.7 Å². The Kier molecular flexibility index (Phi) is 6.77. The van der Waals surface area contributed by atoms with Gasteiger partial charge in [-0.2, -0.15) is 0 Å². The summed E-state index contributed by atoms with van der Waals surface area (Å²) < 4.78 is 66.9. The Morgan fingerprint density at radius 1 is 1.26 bits per heavy atom. The lowest BCUT2D eigenvalue weighted by Crippen LogP contribution is -2.39. The Morgan fingerprint density at radius 2 is 1.97 bits per heavy atom. The van der Waals surface area contributed by atoms with E-state index in [1.807, 2.05) is 0 Å². The van der Waals surface area contributed by atoms with E-state index in [9.17, 15) is 22.4 Å². The summed E-state index contributed by atoms with van der Waals surface area (Å²) in [6.45, 7) is 2.22. The summed E-state index contributed by atoms with van der Waals surface area (Å²) in [4.78, 5) is 21.0. The molecule has 1 saturated heterocycles. The van der Waals surface area contributed by atoms with Crippen LogP contribution in [0, 0.1) is 5.82 Å². The third-order valence-corrected chi connectivity index (χ3v) is 5.99. The Labute approximate surface area is 194 Å². The van der Waals surface area contributed by atoms with E-state index in [4.69, 9.17) is 9.47 Å². The molecule has 0 radical (unpaired) electrons. The molecule has 2 aromatic rings. The molecule has 7 nitrogen and oxygen atoms in total. The van der Waals surface area contributed by atoms with E-state index >= 15 is 0 Å². The first kappa shape index (κ1) is 24.3. The van der Waals surface area contributed by atoms with Gasteiger partial charge in [0.05, 0.1) is 48.0 Å². The largest absolute Gasteiger partial charge is 0.363 e. The molecule has 2 aliphatic rings. The van der Waals surface area contributed by atoms with E-state index in [0.717, 1.165) is 6.07 Å². The number of aromatic nitrogens is 2. The number of alkyl halides is 3. The van der Waals surface area contributed by atoms with Crippen LogP contribution in [0.5, 0.6) is 0 Å². The number of nitrogens with one attached hydrogen (secondary N) is 2. The van der Waals surface area contributed by atoms with E-state index in [1.165, 1.54) is 18.5 Å². The first-order chi connectivity index (χ1) is 16.1. The minimum absolute atomic E-state index is 0.0229. The van der Waals surface area contributed by atoms with Crippen molar-refractivity contribution in [2.45, 2.75) is 56.9 Å². The molecule has 1 amide bonds. The summed E-state index contributed by atoms with van der Waals surface area (Å²) in [5.41, 5.74) is -0.829. The van der Waals surface area contributed by atoms with Crippen molar-refractivity contribution in [3.8, 4) is 0 Å². The zero-order valence-electron chi connectivity index (χ0n) is 18.8.